The van der Waals surface area contributed by atoms with Gasteiger partial charge in [0.1, 0.15) is 11.5 Å². The van der Waals surface area contributed by atoms with Gasteiger partial charge in [0, 0.05) is 8.95 Å². The highest BCUT2D eigenvalue weighted by molar-refractivity contribution is 9.11. The Hall–Kier alpha value is -1.47. The number of nitrogens with zero attached hydrogens (tertiary/aromatic N) is 2. The number of hydrogen-bond acceptors (Lipinski definition) is 4. The Morgan fingerprint density at radius 2 is 1.89 bits per heavy atom. The van der Waals surface area contributed by atoms with Crippen LogP contribution in [0.5, 0.6) is 0 Å². The molecule has 0 unspecified atom stereocenters. The van der Waals surface area contributed by atoms with Crippen molar-refractivity contribution in [2.45, 2.75) is 6.92 Å². The SMILES string of the molecule is Cc1cc(Br)c(NC(=O)c2cncc(N)n2)c(Br)c1. The van der Waals surface area contributed by atoms with Gasteiger partial charge >= 0.3 is 0 Å². The first kappa shape index (κ1) is 14.0. The Morgan fingerprint density at radius 3 is 2.47 bits per heavy atom. The van der Waals surface area contributed by atoms with Gasteiger partial charge in [-0.2, -0.15) is 0 Å². The molecule has 0 radical (unpaired) electrons. The number of carbonyl (C=O) groups excluding carboxylic acids is 1. The highest BCUT2D eigenvalue weighted by atomic mass is 79.9. The van der Waals surface area contributed by atoms with Crippen molar-refractivity contribution in [2.75, 3.05) is 11.1 Å². The maximum atomic E-state index is 12.0. The van der Waals surface area contributed by atoms with E-state index in [1.807, 2.05) is 19.1 Å². The van der Waals surface area contributed by atoms with Gasteiger partial charge in [0.15, 0.2) is 0 Å². The fourth-order valence-corrected chi connectivity index (χ4v) is 3.10. The lowest BCUT2D eigenvalue weighted by Crippen LogP contribution is -2.15. The summed E-state index contributed by atoms with van der Waals surface area (Å²) in [4.78, 5) is 19.8. The molecule has 1 heterocycles. The first-order chi connectivity index (χ1) is 8.97. The fourth-order valence-electron chi connectivity index (χ4n) is 1.49. The second-order valence-corrected chi connectivity index (χ2v) is 5.60. The average Bonchev–Trinajstić information content (AvgIpc) is 2.33. The molecule has 2 aromatic rings. The van der Waals surface area contributed by atoms with Crippen LogP contribution in [-0.4, -0.2) is 15.9 Å². The number of anilines is 2. The van der Waals surface area contributed by atoms with E-state index < -0.39 is 0 Å². The number of aromatic nitrogens is 2. The van der Waals surface area contributed by atoms with Crippen molar-refractivity contribution >= 4 is 49.3 Å². The minimum Gasteiger partial charge on any atom is -0.382 e. The molecule has 1 aromatic heterocycles. The van der Waals surface area contributed by atoms with Crippen LogP contribution in [0.3, 0.4) is 0 Å². The molecule has 7 heteroatoms. The van der Waals surface area contributed by atoms with Gasteiger partial charge in [-0.25, -0.2) is 4.98 Å². The number of halogens is 2. The summed E-state index contributed by atoms with van der Waals surface area (Å²) < 4.78 is 1.56. The molecule has 0 aliphatic carbocycles. The number of carbonyl (C=O) groups is 1. The standard InChI is InChI=1S/C12H10Br2N4O/c1-6-2-7(13)11(8(14)3-6)18-12(19)9-4-16-5-10(15)17-9/h2-5H,1H3,(H2,15,17)(H,18,19). The summed E-state index contributed by atoms with van der Waals surface area (Å²) in [6.07, 6.45) is 2.75. The van der Waals surface area contributed by atoms with Crippen LogP contribution >= 0.6 is 31.9 Å². The molecule has 0 atom stereocenters. The zero-order chi connectivity index (χ0) is 14.0. The van der Waals surface area contributed by atoms with Gasteiger partial charge < -0.3 is 11.1 Å². The Bertz CT molecular complexity index is 622. The molecule has 2 rings (SSSR count). The molecular weight excluding hydrogens is 376 g/mol. The lowest BCUT2D eigenvalue weighted by Gasteiger charge is -2.10. The molecular formula is C12H10Br2N4O. The highest BCUT2D eigenvalue weighted by Crippen LogP contribution is 2.32. The smallest absolute Gasteiger partial charge is 0.276 e. The maximum Gasteiger partial charge on any atom is 0.276 e. The van der Waals surface area contributed by atoms with Crippen molar-refractivity contribution in [1.29, 1.82) is 0 Å². The number of benzene rings is 1. The molecule has 3 N–H and O–H groups in total. The van der Waals surface area contributed by atoms with Gasteiger partial charge in [-0.1, -0.05) is 0 Å². The van der Waals surface area contributed by atoms with Crippen LogP contribution in [0.15, 0.2) is 33.5 Å². The summed E-state index contributed by atoms with van der Waals surface area (Å²) in [7, 11) is 0. The van der Waals surface area contributed by atoms with Crippen LogP contribution in [-0.2, 0) is 0 Å². The van der Waals surface area contributed by atoms with E-state index in [-0.39, 0.29) is 17.4 Å². The monoisotopic (exact) mass is 384 g/mol. The molecule has 1 amide bonds. The fraction of sp³-hybridized carbons (Fsp3) is 0.0833. The number of nitrogens with one attached hydrogen (secondary N) is 1. The van der Waals surface area contributed by atoms with E-state index in [2.05, 4.69) is 47.1 Å². The Balaban J connectivity index is 2.29. The first-order valence-corrected chi connectivity index (χ1v) is 6.90. The molecule has 0 fully saturated rings. The Labute approximate surface area is 126 Å². The van der Waals surface area contributed by atoms with E-state index in [1.165, 1.54) is 12.4 Å². The number of amides is 1. The van der Waals surface area contributed by atoms with Gasteiger partial charge in [-0.15, -0.1) is 0 Å². The molecule has 5 nitrogen and oxygen atoms in total. The van der Waals surface area contributed by atoms with Gasteiger partial charge in [0.2, 0.25) is 0 Å². The normalized spacial score (nSPS) is 10.3. The van der Waals surface area contributed by atoms with Gasteiger partial charge in [-0.3, -0.25) is 9.78 Å². The number of rotatable bonds is 2. The molecule has 0 saturated carbocycles. The summed E-state index contributed by atoms with van der Waals surface area (Å²) in [5, 5.41) is 2.76. The second-order valence-electron chi connectivity index (χ2n) is 3.89. The topological polar surface area (TPSA) is 80.9 Å². The first-order valence-electron chi connectivity index (χ1n) is 5.32. The predicted molar refractivity (Wildman–Crippen MR) is 81.0 cm³/mol. The minimum absolute atomic E-state index is 0.166. The van der Waals surface area contributed by atoms with Gasteiger partial charge in [-0.05, 0) is 56.5 Å². The second kappa shape index (κ2) is 5.66. The van der Waals surface area contributed by atoms with Crippen molar-refractivity contribution in [2.24, 2.45) is 0 Å². The summed E-state index contributed by atoms with van der Waals surface area (Å²) in [6.45, 7) is 1.96. The van der Waals surface area contributed by atoms with Crippen LogP contribution < -0.4 is 11.1 Å². The Morgan fingerprint density at radius 1 is 1.26 bits per heavy atom. The van der Waals surface area contributed by atoms with Crippen LogP contribution in [0.4, 0.5) is 11.5 Å². The van der Waals surface area contributed by atoms with E-state index in [0.29, 0.717) is 5.69 Å². The largest absolute Gasteiger partial charge is 0.382 e. The molecule has 1 aromatic carbocycles. The summed E-state index contributed by atoms with van der Waals surface area (Å²) in [5.41, 5.74) is 7.37. The predicted octanol–water partition coefficient (Wildman–Crippen LogP) is 3.14. The quantitative estimate of drug-likeness (QED) is 0.831. The average molecular weight is 386 g/mol. The third-order valence-electron chi connectivity index (χ3n) is 2.31. The van der Waals surface area contributed by atoms with Gasteiger partial charge in [0.05, 0.1) is 18.1 Å². The van der Waals surface area contributed by atoms with Crippen molar-refractivity contribution in [3.05, 3.63) is 44.7 Å². The molecule has 0 saturated heterocycles. The van der Waals surface area contributed by atoms with Crippen molar-refractivity contribution in [3.8, 4) is 0 Å². The number of aryl methyl sites for hydroxylation is 1. The van der Waals surface area contributed by atoms with Crippen LogP contribution in [0, 0.1) is 6.92 Å². The number of hydrogen-bond donors (Lipinski definition) is 2. The third-order valence-corrected chi connectivity index (χ3v) is 3.56. The molecule has 0 aliphatic rings. The minimum atomic E-state index is -0.370. The number of nitrogens with two attached hydrogens (primary N) is 1. The molecule has 0 bridgehead atoms. The van der Waals surface area contributed by atoms with Crippen molar-refractivity contribution < 1.29 is 4.79 Å². The van der Waals surface area contributed by atoms with E-state index in [4.69, 9.17) is 5.73 Å². The van der Waals surface area contributed by atoms with E-state index in [9.17, 15) is 4.79 Å². The van der Waals surface area contributed by atoms with E-state index >= 15 is 0 Å². The summed E-state index contributed by atoms with van der Waals surface area (Å²) in [5.74, 6) is -0.167. The summed E-state index contributed by atoms with van der Waals surface area (Å²) in [6, 6.07) is 3.82. The molecule has 98 valence electrons. The zero-order valence-electron chi connectivity index (χ0n) is 9.95. The zero-order valence-corrected chi connectivity index (χ0v) is 13.1. The Kier molecular flexibility index (Phi) is 4.16. The van der Waals surface area contributed by atoms with Crippen LogP contribution in [0.25, 0.3) is 0 Å². The lowest BCUT2D eigenvalue weighted by molar-refractivity contribution is 0.102. The number of nitrogen functional groups attached to an aromatic ring is 1. The van der Waals surface area contributed by atoms with Crippen LogP contribution in [0.2, 0.25) is 0 Å². The maximum absolute atomic E-state index is 12.0. The summed E-state index contributed by atoms with van der Waals surface area (Å²) >= 11 is 6.82. The van der Waals surface area contributed by atoms with E-state index in [1.54, 1.807) is 0 Å². The molecule has 0 spiro atoms. The third kappa shape index (κ3) is 3.30. The lowest BCUT2D eigenvalue weighted by atomic mass is 10.2. The molecule has 19 heavy (non-hydrogen) atoms. The van der Waals surface area contributed by atoms with Gasteiger partial charge in [0.25, 0.3) is 5.91 Å². The molecule has 0 aliphatic heterocycles. The van der Waals surface area contributed by atoms with Crippen molar-refractivity contribution in [1.82, 2.24) is 9.97 Å². The van der Waals surface area contributed by atoms with E-state index in [0.717, 1.165) is 14.5 Å². The van der Waals surface area contributed by atoms with Crippen LogP contribution in [0.1, 0.15) is 16.1 Å². The highest BCUT2D eigenvalue weighted by Gasteiger charge is 2.13. The van der Waals surface area contributed by atoms with Crippen molar-refractivity contribution in [3.63, 3.8) is 0 Å².